The van der Waals surface area contributed by atoms with Crippen molar-refractivity contribution < 1.29 is 33.3 Å². The van der Waals surface area contributed by atoms with Gasteiger partial charge in [-0.25, -0.2) is 0 Å². The van der Waals surface area contributed by atoms with Crippen LogP contribution in [0.2, 0.25) is 0 Å². The lowest BCUT2D eigenvalue weighted by Gasteiger charge is -2.20. The summed E-state index contributed by atoms with van der Waals surface area (Å²) >= 11 is 0. The van der Waals surface area contributed by atoms with Crippen molar-refractivity contribution in [3.63, 3.8) is 0 Å². The molecule has 7 nitrogen and oxygen atoms in total. The van der Waals surface area contributed by atoms with Crippen LogP contribution in [0.1, 0.15) is 161 Å². The summed E-state index contributed by atoms with van der Waals surface area (Å²) in [6.07, 6.45) is 20.7. The summed E-state index contributed by atoms with van der Waals surface area (Å²) < 4.78 is 22.1. The Labute approximate surface area is 290 Å². The molecule has 0 fully saturated rings. The summed E-state index contributed by atoms with van der Waals surface area (Å²) in [5, 5.41) is 2.01. The first-order valence-electron chi connectivity index (χ1n) is 19.0. The van der Waals surface area contributed by atoms with Crippen LogP contribution in [0.4, 0.5) is 0 Å². The van der Waals surface area contributed by atoms with Gasteiger partial charge in [-0.05, 0) is 48.2 Å². The topological polar surface area (TPSA) is 88.1 Å². The Bertz CT molecular complexity index is 1180. The van der Waals surface area contributed by atoms with Gasteiger partial charge in [0, 0.05) is 12.8 Å². The summed E-state index contributed by atoms with van der Waals surface area (Å²) in [4.78, 5) is 38.3. The molecule has 0 radical (unpaired) electrons. The molecule has 0 aliphatic heterocycles. The van der Waals surface area contributed by atoms with Gasteiger partial charge >= 0.3 is 17.9 Å². The van der Waals surface area contributed by atoms with Gasteiger partial charge in [-0.2, -0.15) is 0 Å². The number of carbonyl (C=O) groups excluding carboxylic acids is 3. The molecule has 2 aromatic carbocycles. The van der Waals surface area contributed by atoms with E-state index in [9.17, 15) is 14.4 Å². The SMILES string of the molecule is CCCCCCCCCCCC(=O)OCC(COC(=O)C(C)c1ccc2cc(OC)ccc2c1)OC(=O)CCCCCCCCCCC. The first-order chi connectivity index (χ1) is 23.4. The van der Waals surface area contributed by atoms with Crippen LogP contribution >= 0.6 is 0 Å². The monoisotopic (exact) mass is 668 g/mol. The molecule has 0 aromatic heterocycles. The fourth-order valence-corrected chi connectivity index (χ4v) is 5.85. The smallest absolute Gasteiger partial charge is 0.313 e. The number of methoxy groups -OCH3 is 1. The van der Waals surface area contributed by atoms with Crippen LogP contribution in [-0.4, -0.2) is 44.3 Å². The Morgan fingerprint density at radius 2 is 1.06 bits per heavy atom. The zero-order valence-corrected chi connectivity index (χ0v) is 30.5. The molecule has 0 heterocycles. The van der Waals surface area contributed by atoms with Gasteiger partial charge in [0.05, 0.1) is 13.0 Å². The van der Waals surface area contributed by atoms with Crippen LogP contribution in [0.5, 0.6) is 5.75 Å². The Morgan fingerprint density at radius 3 is 1.62 bits per heavy atom. The van der Waals surface area contributed by atoms with Crippen LogP contribution in [0.15, 0.2) is 36.4 Å². The molecular weight excluding hydrogens is 604 g/mol. The predicted octanol–water partition coefficient (Wildman–Crippen LogP) is 10.8. The summed E-state index contributed by atoms with van der Waals surface area (Å²) in [7, 11) is 1.63. The van der Waals surface area contributed by atoms with Crippen LogP contribution < -0.4 is 4.74 Å². The molecular formula is C41H64O7. The van der Waals surface area contributed by atoms with Crippen molar-refractivity contribution in [2.75, 3.05) is 20.3 Å². The minimum absolute atomic E-state index is 0.126. The molecule has 0 aliphatic carbocycles. The number of hydrogen-bond donors (Lipinski definition) is 0. The maximum atomic E-state index is 13.1. The second-order valence-electron chi connectivity index (χ2n) is 13.3. The lowest BCUT2D eigenvalue weighted by atomic mass is 9.98. The summed E-state index contributed by atoms with van der Waals surface area (Å²) in [6.45, 7) is 5.95. The standard InChI is InChI=1S/C41H64O7/c1-5-7-9-11-13-15-17-19-21-23-39(42)46-31-38(48-40(43)24-22-20-18-16-14-12-10-8-6-2)32-47-41(44)33(3)34-25-26-36-30-37(45-4)28-27-35(36)29-34/h25-30,33,38H,5-24,31-32H2,1-4H3. The highest BCUT2D eigenvalue weighted by Gasteiger charge is 2.23. The number of hydrogen-bond acceptors (Lipinski definition) is 7. The van der Waals surface area contributed by atoms with Crippen molar-refractivity contribution >= 4 is 28.7 Å². The lowest BCUT2D eigenvalue weighted by molar-refractivity contribution is -0.167. The zero-order valence-electron chi connectivity index (χ0n) is 30.5. The normalized spacial score (nSPS) is 12.4. The van der Waals surface area contributed by atoms with E-state index in [4.69, 9.17) is 18.9 Å². The highest BCUT2D eigenvalue weighted by atomic mass is 16.6. The van der Waals surface area contributed by atoms with Gasteiger partial charge in [0.25, 0.3) is 0 Å². The Morgan fingerprint density at radius 1 is 0.583 bits per heavy atom. The van der Waals surface area contributed by atoms with Crippen molar-refractivity contribution in [3.05, 3.63) is 42.0 Å². The molecule has 2 rings (SSSR count). The molecule has 0 saturated carbocycles. The van der Waals surface area contributed by atoms with Crippen molar-refractivity contribution in [3.8, 4) is 5.75 Å². The number of rotatable bonds is 28. The quantitative estimate of drug-likeness (QED) is 0.0506. The number of ether oxygens (including phenoxy) is 4. The van der Waals surface area contributed by atoms with Crippen LogP contribution in [0.25, 0.3) is 10.8 Å². The van der Waals surface area contributed by atoms with E-state index in [0.717, 1.165) is 60.6 Å². The molecule has 0 amide bonds. The highest BCUT2D eigenvalue weighted by Crippen LogP contribution is 2.26. The first-order valence-corrected chi connectivity index (χ1v) is 19.0. The largest absolute Gasteiger partial charge is 0.497 e. The second-order valence-corrected chi connectivity index (χ2v) is 13.3. The molecule has 2 atom stereocenters. The summed E-state index contributed by atoms with van der Waals surface area (Å²) in [5.41, 5.74) is 0.823. The minimum atomic E-state index is -0.844. The lowest BCUT2D eigenvalue weighted by Crippen LogP contribution is -2.31. The van der Waals surface area contributed by atoms with E-state index in [2.05, 4.69) is 13.8 Å². The molecule has 0 N–H and O–H groups in total. The van der Waals surface area contributed by atoms with E-state index in [-0.39, 0.29) is 25.2 Å². The molecule has 2 unspecified atom stereocenters. The molecule has 7 heteroatoms. The van der Waals surface area contributed by atoms with Gasteiger partial charge in [-0.1, -0.05) is 141 Å². The molecule has 48 heavy (non-hydrogen) atoms. The predicted molar refractivity (Wildman–Crippen MR) is 194 cm³/mol. The number of unbranched alkanes of at least 4 members (excludes halogenated alkanes) is 16. The van der Waals surface area contributed by atoms with Crippen molar-refractivity contribution in [2.24, 2.45) is 0 Å². The molecule has 270 valence electrons. The van der Waals surface area contributed by atoms with Crippen LogP contribution in [0.3, 0.4) is 0 Å². The molecule has 0 saturated heterocycles. The van der Waals surface area contributed by atoms with E-state index in [0.29, 0.717) is 12.8 Å². The second kappa shape index (κ2) is 25.9. The third-order valence-corrected chi connectivity index (χ3v) is 9.03. The molecule has 0 aliphatic rings. The van der Waals surface area contributed by atoms with Gasteiger partial charge in [-0.3, -0.25) is 14.4 Å². The van der Waals surface area contributed by atoms with Crippen LogP contribution in [-0.2, 0) is 28.6 Å². The van der Waals surface area contributed by atoms with E-state index < -0.39 is 18.0 Å². The average Bonchev–Trinajstić information content (AvgIpc) is 3.10. The van der Waals surface area contributed by atoms with Crippen molar-refractivity contribution in [1.82, 2.24) is 0 Å². The fourth-order valence-electron chi connectivity index (χ4n) is 5.85. The van der Waals surface area contributed by atoms with E-state index >= 15 is 0 Å². The number of fused-ring (bicyclic) bond motifs is 1. The van der Waals surface area contributed by atoms with E-state index in [1.54, 1.807) is 14.0 Å². The fraction of sp³-hybridized carbons (Fsp3) is 0.683. The van der Waals surface area contributed by atoms with Crippen molar-refractivity contribution in [2.45, 2.75) is 161 Å². The Kier molecular flexibility index (Phi) is 22.1. The van der Waals surface area contributed by atoms with Crippen molar-refractivity contribution in [1.29, 1.82) is 0 Å². The number of benzene rings is 2. The van der Waals surface area contributed by atoms with Gasteiger partial charge in [-0.15, -0.1) is 0 Å². The van der Waals surface area contributed by atoms with E-state index in [1.807, 2.05) is 36.4 Å². The molecule has 0 spiro atoms. The zero-order chi connectivity index (χ0) is 34.8. The van der Waals surface area contributed by atoms with Gasteiger partial charge in [0.1, 0.15) is 19.0 Å². The third-order valence-electron chi connectivity index (χ3n) is 9.03. The first kappa shape index (κ1) is 41.1. The maximum Gasteiger partial charge on any atom is 0.313 e. The number of carbonyl (C=O) groups is 3. The van der Waals surface area contributed by atoms with Crippen LogP contribution in [0, 0.1) is 0 Å². The number of esters is 3. The van der Waals surface area contributed by atoms with Gasteiger partial charge in [0.2, 0.25) is 0 Å². The third kappa shape index (κ3) is 17.9. The maximum absolute atomic E-state index is 13.1. The Hall–Kier alpha value is -3.09. The molecule has 2 aromatic rings. The molecule has 0 bridgehead atoms. The van der Waals surface area contributed by atoms with E-state index in [1.165, 1.54) is 77.0 Å². The Balaban J connectivity index is 1.83. The summed E-state index contributed by atoms with van der Waals surface area (Å²) in [5.74, 6) is -0.847. The summed E-state index contributed by atoms with van der Waals surface area (Å²) in [6, 6.07) is 11.6. The van der Waals surface area contributed by atoms with Gasteiger partial charge in [0.15, 0.2) is 6.10 Å². The average molecular weight is 669 g/mol. The minimum Gasteiger partial charge on any atom is -0.497 e. The van der Waals surface area contributed by atoms with Gasteiger partial charge < -0.3 is 18.9 Å². The highest BCUT2D eigenvalue weighted by molar-refractivity contribution is 5.86.